The quantitative estimate of drug-likeness (QED) is 0.442. The highest BCUT2D eigenvalue weighted by atomic mass is 16.3. The van der Waals surface area contributed by atoms with Gasteiger partial charge in [0.25, 0.3) is 0 Å². The molecule has 1 aliphatic rings. The molecule has 0 saturated carbocycles. The number of hydrogen-bond acceptors (Lipinski definition) is 2. The van der Waals surface area contributed by atoms with Gasteiger partial charge in [0, 0.05) is 2.74 Å². The lowest BCUT2D eigenvalue weighted by atomic mass is 10.1. The van der Waals surface area contributed by atoms with Gasteiger partial charge in [-0.1, -0.05) is 0 Å². The summed E-state index contributed by atoms with van der Waals surface area (Å²) in [5.41, 5.74) is 0. The number of aliphatic hydroxyl groups excluding tert-OH is 1. The molecule has 0 aromatic heterocycles. The molecule has 1 aliphatic heterocycles. The van der Waals surface area contributed by atoms with Gasteiger partial charge in [0.05, 0.1) is 6.10 Å². The zero-order valence-electron chi connectivity index (χ0n) is 6.15. The van der Waals surface area contributed by atoms with Crippen LogP contribution in [0.25, 0.3) is 0 Å². The van der Waals surface area contributed by atoms with Crippen LogP contribution in [0.2, 0.25) is 0 Å². The summed E-state index contributed by atoms with van der Waals surface area (Å²) in [4.78, 5) is 0. The first-order valence-corrected chi connectivity index (χ1v) is 2.53. The van der Waals surface area contributed by atoms with Crippen molar-refractivity contribution in [3.05, 3.63) is 0 Å². The molecule has 2 heteroatoms. The summed E-state index contributed by atoms with van der Waals surface area (Å²) in [6, 6.07) is 0. The molecule has 1 saturated heterocycles. The van der Waals surface area contributed by atoms with Gasteiger partial charge in [-0.2, -0.15) is 0 Å². The van der Waals surface area contributed by atoms with E-state index >= 15 is 0 Å². The topological polar surface area (TPSA) is 32.3 Å². The minimum atomic E-state index is -1.35. The average Bonchev–Trinajstić information content (AvgIpc) is 1.60. The van der Waals surface area contributed by atoms with Crippen LogP contribution in [0.15, 0.2) is 0 Å². The Morgan fingerprint density at radius 1 is 1.71 bits per heavy atom. The fourth-order valence-corrected chi connectivity index (χ4v) is 0.619. The Bertz CT molecular complexity index is 107. The number of nitrogens with one attached hydrogen (secondary N) is 1. The van der Waals surface area contributed by atoms with Crippen molar-refractivity contribution in [2.75, 3.05) is 13.0 Å². The van der Waals surface area contributed by atoms with Crippen LogP contribution < -0.4 is 5.32 Å². The molecule has 1 atom stereocenters. The molecule has 1 fully saturated rings. The van der Waals surface area contributed by atoms with Crippen LogP contribution in [0.1, 0.15) is 15.6 Å². The molecule has 0 aromatic carbocycles. The molecular formula is C5H11NO. The Morgan fingerprint density at radius 2 is 2.57 bits per heavy atom. The standard InChI is InChI=1S/C5H11NO/c7-5-1-3-6-4-2-5/h5-7H,1-4H2/i3D2. The number of aliphatic hydroxyl groups is 1. The van der Waals surface area contributed by atoms with E-state index in [0.717, 1.165) is 0 Å². The zero-order chi connectivity index (χ0) is 6.91. The summed E-state index contributed by atoms with van der Waals surface area (Å²) in [6.45, 7) is -0.772. The predicted octanol–water partition coefficient (Wildman–Crippen LogP) is -0.269. The second kappa shape index (κ2) is 2.28. The first-order valence-electron chi connectivity index (χ1n) is 3.53. The van der Waals surface area contributed by atoms with Gasteiger partial charge in [-0.3, -0.25) is 0 Å². The predicted molar refractivity (Wildman–Crippen MR) is 28.1 cm³/mol. The van der Waals surface area contributed by atoms with Crippen molar-refractivity contribution in [2.24, 2.45) is 0 Å². The van der Waals surface area contributed by atoms with E-state index in [4.69, 9.17) is 7.85 Å². The van der Waals surface area contributed by atoms with Crippen LogP contribution in [-0.2, 0) is 0 Å². The number of rotatable bonds is 0. The fourth-order valence-electron chi connectivity index (χ4n) is 0.619. The zero-order valence-corrected chi connectivity index (χ0v) is 4.15. The Labute approximate surface area is 46.3 Å². The van der Waals surface area contributed by atoms with Crippen LogP contribution in [0, 0.1) is 0 Å². The van der Waals surface area contributed by atoms with Crippen LogP contribution in [0.5, 0.6) is 0 Å². The molecule has 0 radical (unpaired) electrons. The molecule has 2 nitrogen and oxygen atoms in total. The Kier molecular flexibility index (Phi) is 0.995. The lowest BCUT2D eigenvalue weighted by Gasteiger charge is -2.16. The largest absolute Gasteiger partial charge is 0.393 e. The van der Waals surface area contributed by atoms with E-state index in [-0.39, 0.29) is 6.42 Å². The molecule has 42 valence electrons. The first kappa shape index (κ1) is 3.05. The van der Waals surface area contributed by atoms with E-state index in [9.17, 15) is 0 Å². The minimum Gasteiger partial charge on any atom is -0.393 e. The summed E-state index contributed by atoms with van der Waals surface area (Å²) >= 11 is 0. The van der Waals surface area contributed by atoms with Crippen molar-refractivity contribution in [1.82, 2.24) is 5.32 Å². The summed E-state index contributed by atoms with van der Waals surface area (Å²) < 4.78 is 14.3. The second-order valence-electron chi connectivity index (χ2n) is 1.75. The maximum absolute atomic E-state index is 8.96. The van der Waals surface area contributed by atoms with Crippen molar-refractivity contribution in [3.8, 4) is 0 Å². The Morgan fingerprint density at radius 3 is 3.00 bits per heavy atom. The molecule has 1 unspecified atom stereocenters. The molecule has 1 rings (SSSR count). The average molecular weight is 103 g/mol. The summed E-state index contributed by atoms with van der Waals surface area (Å²) in [6.07, 6.45) is 0.424. The summed E-state index contributed by atoms with van der Waals surface area (Å²) in [5.74, 6) is 0. The third-order valence-corrected chi connectivity index (χ3v) is 1.07. The van der Waals surface area contributed by atoms with E-state index in [1.165, 1.54) is 0 Å². The maximum Gasteiger partial charge on any atom is 0.0564 e. The molecular weight excluding hydrogens is 90.1 g/mol. The van der Waals surface area contributed by atoms with E-state index < -0.39 is 12.6 Å². The molecule has 1 heterocycles. The van der Waals surface area contributed by atoms with Crippen molar-refractivity contribution in [3.63, 3.8) is 0 Å². The Hall–Kier alpha value is -0.0800. The van der Waals surface area contributed by atoms with Crippen LogP contribution in [-0.4, -0.2) is 24.3 Å². The van der Waals surface area contributed by atoms with Gasteiger partial charge in [0.15, 0.2) is 0 Å². The lowest BCUT2D eigenvalue weighted by Crippen LogP contribution is -2.30. The fraction of sp³-hybridized carbons (Fsp3) is 1.00. The maximum atomic E-state index is 8.96. The smallest absolute Gasteiger partial charge is 0.0564 e. The minimum absolute atomic E-state index is 0.215. The third kappa shape index (κ3) is 1.45. The second-order valence-corrected chi connectivity index (χ2v) is 1.75. The van der Waals surface area contributed by atoms with E-state index in [1.807, 2.05) is 0 Å². The highest BCUT2D eigenvalue weighted by Gasteiger charge is 2.06. The number of piperidine rings is 1. The van der Waals surface area contributed by atoms with Crippen LogP contribution in [0.4, 0.5) is 0 Å². The molecule has 7 heavy (non-hydrogen) atoms. The van der Waals surface area contributed by atoms with Gasteiger partial charge in [-0.05, 0) is 25.9 Å². The molecule has 0 amide bonds. The van der Waals surface area contributed by atoms with Gasteiger partial charge in [-0.25, -0.2) is 0 Å². The van der Waals surface area contributed by atoms with Crippen molar-refractivity contribution < 1.29 is 7.85 Å². The Balaban J connectivity index is 2.41. The van der Waals surface area contributed by atoms with Gasteiger partial charge >= 0.3 is 0 Å². The summed E-state index contributed by atoms with van der Waals surface area (Å²) in [5, 5.41) is 11.6. The van der Waals surface area contributed by atoms with E-state index in [0.29, 0.717) is 13.0 Å². The molecule has 0 aromatic rings. The molecule has 0 bridgehead atoms. The van der Waals surface area contributed by atoms with Gasteiger partial charge in [-0.15, -0.1) is 0 Å². The van der Waals surface area contributed by atoms with Crippen LogP contribution >= 0.6 is 0 Å². The van der Waals surface area contributed by atoms with E-state index in [1.54, 1.807) is 0 Å². The van der Waals surface area contributed by atoms with Gasteiger partial charge in [0.2, 0.25) is 0 Å². The highest BCUT2D eigenvalue weighted by molar-refractivity contribution is 4.65. The SMILES string of the molecule is [2H]C1([2H])CC(O)CCN1. The van der Waals surface area contributed by atoms with Crippen molar-refractivity contribution >= 4 is 0 Å². The lowest BCUT2D eigenvalue weighted by molar-refractivity contribution is 0.137. The van der Waals surface area contributed by atoms with Crippen molar-refractivity contribution in [2.45, 2.75) is 18.9 Å². The molecule has 0 spiro atoms. The van der Waals surface area contributed by atoms with Gasteiger partial charge in [0.1, 0.15) is 0 Å². The van der Waals surface area contributed by atoms with Crippen molar-refractivity contribution in [1.29, 1.82) is 0 Å². The first-order chi connectivity index (χ1) is 4.10. The summed E-state index contributed by atoms with van der Waals surface area (Å²) in [7, 11) is 0. The monoisotopic (exact) mass is 103 g/mol. The molecule has 0 aliphatic carbocycles. The van der Waals surface area contributed by atoms with Gasteiger partial charge < -0.3 is 10.4 Å². The number of hydrogen-bond donors (Lipinski definition) is 2. The van der Waals surface area contributed by atoms with E-state index in [2.05, 4.69) is 5.32 Å². The molecule has 2 N–H and O–H groups in total. The third-order valence-electron chi connectivity index (χ3n) is 1.07. The highest BCUT2D eigenvalue weighted by Crippen LogP contribution is 1.99. The van der Waals surface area contributed by atoms with Crippen LogP contribution in [0.3, 0.4) is 0 Å². The normalized spacial score (nSPS) is 44.4.